The molecule has 4 heteroatoms. The summed E-state index contributed by atoms with van der Waals surface area (Å²) in [5.74, 6) is -0.201. The summed E-state index contributed by atoms with van der Waals surface area (Å²) in [5.41, 5.74) is 4.33. The lowest BCUT2D eigenvalue weighted by atomic mass is 10.1. The number of nitrogens with zero attached hydrogens (tertiary/aromatic N) is 1. The van der Waals surface area contributed by atoms with Crippen LogP contribution < -0.4 is 4.90 Å². The van der Waals surface area contributed by atoms with Gasteiger partial charge in [-0.1, -0.05) is 39.7 Å². The fourth-order valence-electron chi connectivity index (χ4n) is 2.50. The predicted octanol–water partition coefficient (Wildman–Crippen LogP) is 5.07. The summed E-state index contributed by atoms with van der Waals surface area (Å²) in [7, 11) is 0. The Labute approximate surface area is 125 Å². The van der Waals surface area contributed by atoms with Gasteiger partial charge in [0.25, 0.3) is 0 Å². The first-order valence-electron chi connectivity index (χ1n) is 6.09. The molecule has 2 aromatic rings. The van der Waals surface area contributed by atoms with Gasteiger partial charge in [-0.15, -0.1) is 0 Å². The van der Waals surface area contributed by atoms with E-state index in [-0.39, 0.29) is 5.82 Å². The SMILES string of the molecule is Fc1ccc2c(c1)N(c1cc(Cl)ccc1CBr)CC2. The second-order valence-corrected chi connectivity index (χ2v) is 5.58. The maximum atomic E-state index is 13.5. The van der Waals surface area contributed by atoms with Crippen LogP contribution in [0.5, 0.6) is 0 Å². The first-order chi connectivity index (χ1) is 9.19. The zero-order chi connectivity index (χ0) is 13.4. The number of benzene rings is 2. The maximum absolute atomic E-state index is 13.5. The Morgan fingerprint density at radius 1 is 1.16 bits per heavy atom. The van der Waals surface area contributed by atoms with E-state index < -0.39 is 0 Å². The molecule has 1 nitrogen and oxygen atoms in total. The van der Waals surface area contributed by atoms with E-state index in [0.717, 1.165) is 35.2 Å². The highest BCUT2D eigenvalue weighted by molar-refractivity contribution is 9.08. The third-order valence-corrected chi connectivity index (χ3v) is 4.26. The molecule has 0 saturated carbocycles. The molecule has 0 spiro atoms. The number of alkyl halides is 1. The van der Waals surface area contributed by atoms with E-state index in [4.69, 9.17) is 11.6 Å². The zero-order valence-corrected chi connectivity index (χ0v) is 12.5. The van der Waals surface area contributed by atoms with E-state index >= 15 is 0 Å². The number of halogens is 3. The molecular weight excluding hydrogens is 329 g/mol. The lowest BCUT2D eigenvalue weighted by Crippen LogP contribution is -2.15. The fraction of sp³-hybridized carbons (Fsp3) is 0.200. The van der Waals surface area contributed by atoms with Gasteiger partial charge in [0, 0.05) is 28.3 Å². The Balaban J connectivity index is 2.10. The summed E-state index contributed by atoms with van der Waals surface area (Å²) < 4.78 is 13.5. The minimum atomic E-state index is -0.201. The Hall–Kier alpha value is -1.06. The monoisotopic (exact) mass is 339 g/mol. The molecule has 0 radical (unpaired) electrons. The third-order valence-electron chi connectivity index (χ3n) is 3.42. The molecule has 0 aliphatic carbocycles. The number of hydrogen-bond acceptors (Lipinski definition) is 1. The molecule has 2 aromatic carbocycles. The lowest BCUT2D eigenvalue weighted by molar-refractivity contribution is 0.628. The highest BCUT2D eigenvalue weighted by Gasteiger charge is 2.22. The van der Waals surface area contributed by atoms with Crippen molar-refractivity contribution < 1.29 is 4.39 Å². The van der Waals surface area contributed by atoms with Crippen LogP contribution in [0, 0.1) is 5.82 Å². The summed E-state index contributed by atoms with van der Waals surface area (Å²) in [4.78, 5) is 2.14. The van der Waals surface area contributed by atoms with Gasteiger partial charge < -0.3 is 4.90 Å². The molecule has 0 unspecified atom stereocenters. The van der Waals surface area contributed by atoms with E-state index in [1.807, 2.05) is 24.3 Å². The van der Waals surface area contributed by atoms with Gasteiger partial charge >= 0.3 is 0 Å². The molecule has 3 rings (SSSR count). The van der Waals surface area contributed by atoms with Crippen LogP contribution >= 0.6 is 27.5 Å². The second-order valence-electron chi connectivity index (χ2n) is 4.58. The second kappa shape index (κ2) is 5.14. The minimum Gasteiger partial charge on any atom is -0.341 e. The van der Waals surface area contributed by atoms with Crippen LogP contribution in [0.25, 0.3) is 0 Å². The van der Waals surface area contributed by atoms with Crippen LogP contribution in [-0.4, -0.2) is 6.54 Å². The minimum absolute atomic E-state index is 0.201. The highest BCUT2D eigenvalue weighted by atomic mass is 79.9. The van der Waals surface area contributed by atoms with Gasteiger partial charge in [0.2, 0.25) is 0 Å². The van der Waals surface area contributed by atoms with E-state index in [2.05, 4.69) is 20.8 Å². The van der Waals surface area contributed by atoms with E-state index in [1.165, 1.54) is 11.6 Å². The van der Waals surface area contributed by atoms with Gasteiger partial charge in [-0.2, -0.15) is 0 Å². The molecule has 1 aliphatic rings. The van der Waals surface area contributed by atoms with Gasteiger partial charge in [-0.3, -0.25) is 0 Å². The molecule has 0 fully saturated rings. The molecule has 0 saturated heterocycles. The van der Waals surface area contributed by atoms with Crippen LogP contribution in [0.3, 0.4) is 0 Å². The van der Waals surface area contributed by atoms with Gasteiger partial charge in [-0.25, -0.2) is 4.39 Å². The predicted molar refractivity (Wildman–Crippen MR) is 81.2 cm³/mol. The molecule has 0 N–H and O–H groups in total. The lowest BCUT2D eigenvalue weighted by Gasteiger charge is -2.22. The van der Waals surface area contributed by atoms with Crippen LogP contribution in [0.1, 0.15) is 11.1 Å². The topological polar surface area (TPSA) is 3.24 Å². The zero-order valence-electron chi connectivity index (χ0n) is 10.2. The van der Waals surface area contributed by atoms with E-state index in [0.29, 0.717) is 5.02 Å². The molecule has 1 aliphatic heterocycles. The number of rotatable bonds is 2. The highest BCUT2D eigenvalue weighted by Crippen LogP contribution is 2.38. The standard InChI is InChI=1S/C15H12BrClFN/c16-9-11-1-3-12(17)7-14(11)19-6-5-10-2-4-13(18)8-15(10)19/h1-4,7-8H,5-6,9H2. The molecule has 19 heavy (non-hydrogen) atoms. The Morgan fingerprint density at radius 3 is 2.79 bits per heavy atom. The first-order valence-corrected chi connectivity index (χ1v) is 7.59. The molecule has 0 aromatic heterocycles. The Bertz CT molecular complexity index is 630. The van der Waals surface area contributed by atoms with E-state index in [1.54, 1.807) is 6.07 Å². The van der Waals surface area contributed by atoms with Gasteiger partial charge in [0.1, 0.15) is 5.82 Å². The van der Waals surface area contributed by atoms with Crippen LogP contribution in [0.4, 0.5) is 15.8 Å². The van der Waals surface area contributed by atoms with Crippen molar-refractivity contribution in [3.05, 3.63) is 58.4 Å². The van der Waals surface area contributed by atoms with Crippen LogP contribution in [0.15, 0.2) is 36.4 Å². The average molecular weight is 341 g/mol. The molecule has 0 atom stereocenters. The number of hydrogen-bond donors (Lipinski definition) is 0. The van der Waals surface area contributed by atoms with Crippen molar-refractivity contribution >= 4 is 38.9 Å². The smallest absolute Gasteiger partial charge is 0.125 e. The summed E-state index contributed by atoms with van der Waals surface area (Å²) in [5, 5.41) is 1.45. The summed E-state index contributed by atoms with van der Waals surface area (Å²) in [6.45, 7) is 0.860. The largest absolute Gasteiger partial charge is 0.341 e. The van der Waals surface area contributed by atoms with Gasteiger partial charge in [0.15, 0.2) is 0 Å². The van der Waals surface area contributed by atoms with Crippen LogP contribution in [-0.2, 0) is 11.8 Å². The van der Waals surface area contributed by atoms with E-state index in [9.17, 15) is 4.39 Å². The van der Waals surface area contributed by atoms with Crippen molar-refractivity contribution in [2.24, 2.45) is 0 Å². The number of fused-ring (bicyclic) bond motifs is 1. The maximum Gasteiger partial charge on any atom is 0.125 e. The third kappa shape index (κ3) is 2.37. The molecule has 0 bridgehead atoms. The summed E-state index contributed by atoms with van der Waals surface area (Å²) in [6, 6.07) is 10.8. The van der Waals surface area contributed by atoms with Crippen molar-refractivity contribution in [2.45, 2.75) is 11.8 Å². The van der Waals surface area contributed by atoms with Gasteiger partial charge in [-0.05, 0) is 41.8 Å². The summed E-state index contributed by atoms with van der Waals surface area (Å²) >= 11 is 9.59. The van der Waals surface area contributed by atoms with Crippen molar-refractivity contribution in [1.29, 1.82) is 0 Å². The molecular formula is C15H12BrClFN. The molecule has 98 valence electrons. The van der Waals surface area contributed by atoms with Gasteiger partial charge in [0.05, 0.1) is 0 Å². The van der Waals surface area contributed by atoms with Crippen molar-refractivity contribution in [3.63, 3.8) is 0 Å². The van der Waals surface area contributed by atoms with Crippen LogP contribution in [0.2, 0.25) is 5.02 Å². The molecule has 0 amide bonds. The quantitative estimate of drug-likeness (QED) is 0.690. The first kappa shape index (κ1) is 12.9. The van der Waals surface area contributed by atoms with Crippen molar-refractivity contribution in [2.75, 3.05) is 11.4 Å². The Morgan fingerprint density at radius 2 is 2.00 bits per heavy atom. The fourth-order valence-corrected chi connectivity index (χ4v) is 3.14. The number of anilines is 2. The molecule has 1 heterocycles. The van der Waals surface area contributed by atoms with Crippen molar-refractivity contribution in [1.82, 2.24) is 0 Å². The Kier molecular flexibility index (Phi) is 3.50. The summed E-state index contributed by atoms with van der Waals surface area (Å²) in [6.07, 6.45) is 0.934. The van der Waals surface area contributed by atoms with Crippen molar-refractivity contribution in [3.8, 4) is 0 Å². The normalized spacial score (nSPS) is 13.7. The average Bonchev–Trinajstić information content (AvgIpc) is 2.81.